The number of rotatable bonds is 5. The van der Waals surface area contributed by atoms with Gasteiger partial charge in [0.15, 0.2) is 0 Å². The first-order valence-electron chi connectivity index (χ1n) is 9.77. The van der Waals surface area contributed by atoms with Crippen LogP contribution in [0.25, 0.3) is 0 Å². The van der Waals surface area contributed by atoms with Crippen LogP contribution in [-0.4, -0.2) is 30.6 Å². The molecule has 0 radical (unpaired) electrons. The Labute approximate surface area is 184 Å². The molecule has 7 heteroatoms. The monoisotopic (exact) mass is 432 g/mol. The molecule has 150 valence electrons. The van der Waals surface area contributed by atoms with Gasteiger partial charge in [0.1, 0.15) is 5.75 Å². The summed E-state index contributed by atoms with van der Waals surface area (Å²) in [6.45, 7) is 30.4. The second-order valence-corrected chi connectivity index (χ2v) is 44.2. The molecule has 27 heavy (non-hydrogen) atoms. The predicted octanol–water partition coefficient (Wildman–Crippen LogP) is 2.39. The van der Waals surface area contributed by atoms with E-state index in [0.29, 0.717) is 0 Å². The molecule has 1 aromatic rings. The molecule has 0 saturated carbocycles. The van der Waals surface area contributed by atoms with Gasteiger partial charge in [-0.3, -0.25) is 0 Å². The molecule has 0 saturated heterocycles. The van der Waals surface area contributed by atoms with E-state index in [4.69, 9.17) is 4.43 Å². The standard InChI is InChI=1S/C20H42O2Si4.Li/c1-20(2,3)16-14-17(21)19(25(10,11)23(4,5)6)15-18(16)22-26(12,13)24(7,8)9;/h14-15,21H,1-13H3;/q;+1/p-1. The van der Waals surface area contributed by atoms with Crippen molar-refractivity contribution in [3.63, 3.8) is 0 Å². The van der Waals surface area contributed by atoms with Crippen molar-refractivity contribution in [2.24, 2.45) is 0 Å². The molecule has 0 aromatic heterocycles. The van der Waals surface area contributed by atoms with Crippen LogP contribution in [0.2, 0.25) is 65.5 Å². The van der Waals surface area contributed by atoms with Crippen LogP contribution in [0, 0.1) is 0 Å². The van der Waals surface area contributed by atoms with Gasteiger partial charge in [-0.15, -0.1) is 5.75 Å². The molecular weight excluding hydrogens is 392 g/mol. The van der Waals surface area contributed by atoms with Crippen molar-refractivity contribution in [1.29, 1.82) is 0 Å². The molecule has 0 amide bonds. The Morgan fingerprint density at radius 1 is 0.778 bits per heavy atom. The molecule has 0 unspecified atom stereocenters. The van der Waals surface area contributed by atoms with Crippen molar-refractivity contribution in [1.82, 2.24) is 0 Å². The molecule has 0 aliphatic carbocycles. The van der Waals surface area contributed by atoms with Gasteiger partial charge in [-0.2, -0.15) is 0 Å². The van der Waals surface area contributed by atoms with Crippen molar-refractivity contribution >= 4 is 35.8 Å². The Morgan fingerprint density at radius 2 is 1.22 bits per heavy atom. The summed E-state index contributed by atoms with van der Waals surface area (Å²) in [7, 11) is -6.46. The Kier molecular flexibility index (Phi) is 8.28. The summed E-state index contributed by atoms with van der Waals surface area (Å²) in [4.78, 5) is 0. The van der Waals surface area contributed by atoms with Crippen LogP contribution in [0.15, 0.2) is 12.1 Å². The normalized spacial score (nSPS) is 14.0. The fourth-order valence-electron chi connectivity index (χ4n) is 2.55. The van der Waals surface area contributed by atoms with Gasteiger partial charge in [0.05, 0.1) is 15.2 Å². The largest absolute Gasteiger partial charge is 1.00 e. The van der Waals surface area contributed by atoms with Crippen molar-refractivity contribution < 1.29 is 28.4 Å². The van der Waals surface area contributed by atoms with Gasteiger partial charge >= 0.3 is 18.9 Å². The second kappa shape index (κ2) is 8.19. The summed E-state index contributed by atoms with van der Waals surface area (Å²) < 4.78 is 6.83. The Hall–Kier alpha value is 0.285. The number of benzene rings is 1. The van der Waals surface area contributed by atoms with E-state index < -0.39 is 30.6 Å². The van der Waals surface area contributed by atoms with Crippen molar-refractivity contribution in [2.45, 2.75) is 91.7 Å². The summed E-state index contributed by atoms with van der Waals surface area (Å²) in [6.07, 6.45) is 0. The maximum absolute atomic E-state index is 13.1. The first-order valence-corrected chi connectivity index (χ1v) is 24.7. The van der Waals surface area contributed by atoms with Crippen LogP contribution in [-0.2, 0) is 5.41 Å². The van der Waals surface area contributed by atoms with Crippen LogP contribution >= 0.6 is 0 Å². The van der Waals surface area contributed by atoms with Gasteiger partial charge < -0.3 is 9.53 Å². The first kappa shape index (κ1) is 27.3. The molecule has 0 heterocycles. The Bertz CT molecular complexity index is 666. The summed E-state index contributed by atoms with van der Waals surface area (Å²) in [5.74, 6) is 1.22. The van der Waals surface area contributed by atoms with Gasteiger partial charge in [0.2, 0.25) is 7.83 Å². The average molecular weight is 433 g/mol. The molecular formula is C20H41LiO2Si4. The zero-order valence-electron chi connectivity index (χ0n) is 20.5. The maximum Gasteiger partial charge on any atom is 1.00 e. The van der Waals surface area contributed by atoms with E-state index in [1.165, 1.54) is 0 Å². The van der Waals surface area contributed by atoms with Crippen LogP contribution in [0.1, 0.15) is 26.3 Å². The van der Waals surface area contributed by atoms with Gasteiger partial charge in [0.25, 0.3) is 0 Å². The SMILES string of the molecule is CC(C)(C)c1cc([O-])c([Si](C)(C)[Si](C)(C)C)cc1O[Si](C)(C)[Si](C)(C)C.[Li+]. The first-order chi connectivity index (χ1) is 11.2. The summed E-state index contributed by atoms with van der Waals surface area (Å²) in [5.41, 5.74) is 0.979. The van der Waals surface area contributed by atoms with E-state index in [9.17, 15) is 5.11 Å². The van der Waals surface area contributed by atoms with Gasteiger partial charge in [-0.05, 0) is 30.1 Å². The van der Waals surface area contributed by atoms with E-state index in [1.807, 2.05) is 6.07 Å². The minimum absolute atomic E-state index is 0. The maximum atomic E-state index is 13.1. The van der Waals surface area contributed by atoms with E-state index in [2.05, 4.69) is 92.3 Å². The summed E-state index contributed by atoms with van der Waals surface area (Å²) in [6, 6.07) is 4.07. The molecule has 0 spiro atoms. The number of hydrogen-bond acceptors (Lipinski definition) is 2. The zero-order valence-corrected chi connectivity index (χ0v) is 24.5. The Morgan fingerprint density at radius 3 is 1.56 bits per heavy atom. The quantitative estimate of drug-likeness (QED) is 0.669. The summed E-state index contributed by atoms with van der Waals surface area (Å²) >= 11 is 0. The Balaban J connectivity index is 0.00000676. The molecule has 2 nitrogen and oxygen atoms in total. The fraction of sp³-hybridized carbons (Fsp3) is 0.700. The summed E-state index contributed by atoms with van der Waals surface area (Å²) in [5, 5.41) is 14.2. The molecule has 0 aliphatic rings. The molecule has 0 fully saturated rings. The predicted molar refractivity (Wildman–Crippen MR) is 127 cm³/mol. The van der Waals surface area contributed by atoms with E-state index in [0.717, 1.165) is 16.5 Å². The van der Waals surface area contributed by atoms with Gasteiger partial charge in [-0.1, -0.05) is 84.4 Å². The van der Waals surface area contributed by atoms with Crippen molar-refractivity contribution in [2.75, 3.05) is 0 Å². The van der Waals surface area contributed by atoms with E-state index in [-0.39, 0.29) is 30.0 Å². The topological polar surface area (TPSA) is 32.3 Å². The number of hydrogen-bond donors (Lipinski definition) is 0. The fourth-order valence-corrected chi connectivity index (χ4v) is 9.82. The zero-order chi connectivity index (χ0) is 20.9. The molecule has 0 atom stereocenters. The molecule has 0 bridgehead atoms. The third-order valence-corrected chi connectivity index (χ3v) is 39.6. The van der Waals surface area contributed by atoms with Crippen LogP contribution in [0.3, 0.4) is 0 Å². The van der Waals surface area contributed by atoms with Crippen LogP contribution < -0.4 is 33.6 Å². The van der Waals surface area contributed by atoms with Crippen LogP contribution in [0.4, 0.5) is 0 Å². The smallest absolute Gasteiger partial charge is 0.873 e. The van der Waals surface area contributed by atoms with Gasteiger partial charge in [0, 0.05) is 7.59 Å². The molecule has 0 N–H and O–H groups in total. The second-order valence-electron chi connectivity index (χ2n) is 11.8. The van der Waals surface area contributed by atoms with Crippen molar-refractivity contribution in [3.05, 3.63) is 17.7 Å². The van der Waals surface area contributed by atoms with Crippen LogP contribution in [0.5, 0.6) is 11.5 Å². The third-order valence-electron chi connectivity index (χ3n) is 6.61. The minimum Gasteiger partial charge on any atom is -0.873 e. The molecule has 1 aromatic carbocycles. The molecule has 1 rings (SSSR count). The van der Waals surface area contributed by atoms with E-state index >= 15 is 0 Å². The average Bonchev–Trinajstić information content (AvgIpc) is 2.35. The third kappa shape index (κ3) is 5.89. The minimum atomic E-state index is -1.84. The van der Waals surface area contributed by atoms with Crippen molar-refractivity contribution in [3.8, 4) is 11.5 Å². The van der Waals surface area contributed by atoms with E-state index in [1.54, 1.807) is 0 Å². The molecule has 0 aliphatic heterocycles. The van der Waals surface area contributed by atoms with Gasteiger partial charge in [-0.25, -0.2) is 0 Å².